The van der Waals surface area contributed by atoms with Gasteiger partial charge in [-0.2, -0.15) is 0 Å². The van der Waals surface area contributed by atoms with E-state index in [1.807, 2.05) is 12.3 Å². The SMILES string of the molecule is Cc1nc(CSCC(=O)N2CCC(C)(C(=O)O)CC2)cs1. The largest absolute Gasteiger partial charge is 0.481 e. The van der Waals surface area contributed by atoms with E-state index in [1.165, 1.54) is 0 Å². The monoisotopic (exact) mass is 328 g/mol. The number of carbonyl (C=O) groups excluding carboxylic acids is 1. The molecule has 5 nitrogen and oxygen atoms in total. The molecule has 1 aliphatic rings. The van der Waals surface area contributed by atoms with Gasteiger partial charge < -0.3 is 10.0 Å². The summed E-state index contributed by atoms with van der Waals surface area (Å²) < 4.78 is 0. The van der Waals surface area contributed by atoms with Crippen LogP contribution in [-0.4, -0.2) is 45.7 Å². The molecule has 0 unspecified atom stereocenters. The lowest BCUT2D eigenvalue weighted by Crippen LogP contribution is -2.45. The summed E-state index contributed by atoms with van der Waals surface area (Å²) in [4.78, 5) is 29.4. The summed E-state index contributed by atoms with van der Waals surface area (Å²) in [5.41, 5.74) is 0.342. The number of aromatic nitrogens is 1. The van der Waals surface area contributed by atoms with E-state index in [0.29, 0.717) is 31.7 Å². The maximum atomic E-state index is 12.1. The Balaban J connectivity index is 1.74. The summed E-state index contributed by atoms with van der Waals surface area (Å²) in [5.74, 6) is 0.513. The minimum atomic E-state index is -0.761. The number of aryl methyl sites for hydroxylation is 1. The van der Waals surface area contributed by atoms with Crippen molar-refractivity contribution in [1.29, 1.82) is 0 Å². The fourth-order valence-corrected chi connectivity index (χ4v) is 3.81. The molecule has 0 radical (unpaired) electrons. The second-order valence-corrected chi connectivity index (χ2v) is 7.65. The van der Waals surface area contributed by atoms with Crippen LogP contribution >= 0.6 is 23.1 Å². The van der Waals surface area contributed by atoms with Gasteiger partial charge in [-0.1, -0.05) is 0 Å². The maximum Gasteiger partial charge on any atom is 0.309 e. The average Bonchev–Trinajstić information content (AvgIpc) is 2.85. The van der Waals surface area contributed by atoms with E-state index in [0.717, 1.165) is 16.5 Å². The van der Waals surface area contributed by atoms with Gasteiger partial charge in [-0.05, 0) is 26.7 Å². The molecule has 1 N–H and O–H groups in total. The van der Waals surface area contributed by atoms with Crippen LogP contribution < -0.4 is 0 Å². The molecule has 1 amide bonds. The van der Waals surface area contributed by atoms with Gasteiger partial charge in [-0.3, -0.25) is 9.59 Å². The smallest absolute Gasteiger partial charge is 0.309 e. The van der Waals surface area contributed by atoms with E-state index >= 15 is 0 Å². The van der Waals surface area contributed by atoms with E-state index in [-0.39, 0.29) is 5.91 Å². The highest BCUT2D eigenvalue weighted by Crippen LogP contribution is 2.31. The first kappa shape index (κ1) is 16.3. The highest BCUT2D eigenvalue weighted by atomic mass is 32.2. The number of likely N-dealkylation sites (tertiary alicyclic amines) is 1. The molecule has 0 aliphatic carbocycles. The van der Waals surface area contributed by atoms with Crippen LogP contribution in [0.25, 0.3) is 0 Å². The number of thioether (sulfide) groups is 1. The van der Waals surface area contributed by atoms with Crippen LogP contribution in [0.3, 0.4) is 0 Å². The Bertz CT molecular complexity index is 522. The Kier molecular flexibility index (Phi) is 5.27. The topological polar surface area (TPSA) is 70.5 Å². The van der Waals surface area contributed by atoms with Gasteiger partial charge in [0.15, 0.2) is 0 Å². The van der Waals surface area contributed by atoms with Crippen LogP contribution in [0.4, 0.5) is 0 Å². The third-order valence-corrected chi connectivity index (χ3v) is 5.65. The third-order valence-electron chi connectivity index (χ3n) is 3.88. The highest BCUT2D eigenvalue weighted by Gasteiger charge is 2.37. The standard InChI is InChI=1S/C14H20N2O3S2/c1-10-15-11(8-21-10)7-20-9-12(17)16-5-3-14(2,4-6-16)13(18)19/h8H,3-7,9H2,1-2H3,(H,18,19). The number of hydrogen-bond donors (Lipinski definition) is 1. The first-order valence-electron chi connectivity index (χ1n) is 6.91. The lowest BCUT2D eigenvalue weighted by atomic mass is 9.80. The molecular formula is C14H20N2O3S2. The predicted octanol–water partition coefficient (Wildman–Crippen LogP) is 2.40. The van der Waals surface area contributed by atoms with Crippen molar-refractivity contribution in [2.45, 2.75) is 32.4 Å². The van der Waals surface area contributed by atoms with Crippen LogP contribution in [0.5, 0.6) is 0 Å². The van der Waals surface area contributed by atoms with Gasteiger partial charge in [-0.25, -0.2) is 4.98 Å². The molecule has 116 valence electrons. The van der Waals surface area contributed by atoms with E-state index < -0.39 is 11.4 Å². The first-order chi connectivity index (χ1) is 9.90. The highest BCUT2D eigenvalue weighted by molar-refractivity contribution is 7.99. The number of hydrogen-bond acceptors (Lipinski definition) is 5. The lowest BCUT2D eigenvalue weighted by molar-refractivity contribution is -0.152. The van der Waals surface area contributed by atoms with Gasteiger partial charge in [0, 0.05) is 24.2 Å². The summed E-state index contributed by atoms with van der Waals surface area (Å²) in [6.45, 7) is 4.81. The van der Waals surface area contributed by atoms with Crippen molar-refractivity contribution in [3.8, 4) is 0 Å². The normalized spacial score (nSPS) is 17.7. The Labute approximate surface area is 132 Å². The van der Waals surface area contributed by atoms with Crippen molar-refractivity contribution < 1.29 is 14.7 Å². The second kappa shape index (κ2) is 6.79. The Hall–Kier alpha value is -1.08. The number of rotatable bonds is 5. The molecule has 1 aromatic heterocycles. The molecule has 1 fully saturated rings. The molecule has 0 bridgehead atoms. The Morgan fingerprint density at radius 3 is 2.67 bits per heavy atom. The average molecular weight is 328 g/mol. The summed E-state index contributed by atoms with van der Waals surface area (Å²) in [6.07, 6.45) is 1.06. The minimum absolute atomic E-state index is 0.0967. The van der Waals surface area contributed by atoms with Crippen molar-refractivity contribution in [3.05, 3.63) is 16.1 Å². The molecule has 7 heteroatoms. The van der Waals surface area contributed by atoms with Crippen molar-refractivity contribution in [2.24, 2.45) is 5.41 Å². The van der Waals surface area contributed by atoms with E-state index in [9.17, 15) is 14.7 Å². The summed E-state index contributed by atoms with van der Waals surface area (Å²) in [5, 5.41) is 12.2. The van der Waals surface area contributed by atoms with Crippen LogP contribution in [0.15, 0.2) is 5.38 Å². The zero-order valence-corrected chi connectivity index (χ0v) is 13.9. The number of thiazole rings is 1. The van der Waals surface area contributed by atoms with Gasteiger partial charge in [-0.15, -0.1) is 23.1 Å². The number of carbonyl (C=O) groups is 2. The summed E-state index contributed by atoms with van der Waals surface area (Å²) in [6, 6.07) is 0. The van der Waals surface area contributed by atoms with Crippen LogP contribution in [0.2, 0.25) is 0 Å². The Morgan fingerprint density at radius 2 is 2.14 bits per heavy atom. The van der Waals surface area contributed by atoms with Gasteiger partial charge in [0.05, 0.1) is 21.9 Å². The van der Waals surface area contributed by atoms with E-state index in [4.69, 9.17) is 0 Å². The van der Waals surface area contributed by atoms with Crippen molar-refractivity contribution in [3.63, 3.8) is 0 Å². The van der Waals surface area contributed by atoms with Crippen LogP contribution in [-0.2, 0) is 15.3 Å². The minimum Gasteiger partial charge on any atom is -0.481 e. The number of aliphatic carboxylic acids is 1. The van der Waals surface area contributed by atoms with Crippen LogP contribution in [0.1, 0.15) is 30.5 Å². The fourth-order valence-electron chi connectivity index (χ4n) is 2.27. The molecule has 1 aliphatic heterocycles. The number of carboxylic acids is 1. The zero-order chi connectivity index (χ0) is 15.5. The van der Waals surface area contributed by atoms with Crippen LogP contribution in [0, 0.1) is 12.3 Å². The predicted molar refractivity (Wildman–Crippen MR) is 84.6 cm³/mol. The molecule has 2 rings (SSSR count). The molecule has 2 heterocycles. The van der Waals surface area contributed by atoms with E-state index in [1.54, 1.807) is 34.9 Å². The zero-order valence-electron chi connectivity index (χ0n) is 12.3. The fraction of sp³-hybridized carbons (Fsp3) is 0.643. The number of amides is 1. The van der Waals surface area contributed by atoms with Gasteiger partial charge in [0.2, 0.25) is 5.91 Å². The number of carboxylic acid groups (broad SMARTS) is 1. The number of piperidine rings is 1. The van der Waals surface area contributed by atoms with Crippen molar-refractivity contribution in [2.75, 3.05) is 18.8 Å². The molecule has 1 aromatic rings. The quantitative estimate of drug-likeness (QED) is 0.899. The van der Waals surface area contributed by atoms with Gasteiger partial charge in [0.1, 0.15) is 0 Å². The second-order valence-electron chi connectivity index (χ2n) is 5.60. The van der Waals surface area contributed by atoms with Gasteiger partial charge >= 0.3 is 5.97 Å². The van der Waals surface area contributed by atoms with E-state index in [2.05, 4.69) is 4.98 Å². The molecule has 0 aromatic carbocycles. The number of nitrogens with zero attached hydrogens (tertiary/aromatic N) is 2. The summed E-state index contributed by atoms with van der Waals surface area (Å²) >= 11 is 3.18. The third kappa shape index (κ3) is 4.20. The van der Waals surface area contributed by atoms with Crippen molar-refractivity contribution >= 4 is 35.0 Å². The molecule has 0 saturated carbocycles. The summed E-state index contributed by atoms with van der Waals surface area (Å²) in [7, 11) is 0. The lowest BCUT2D eigenvalue weighted by Gasteiger charge is -2.36. The molecule has 0 spiro atoms. The maximum absolute atomic E-state index is 12.1. The van der Waals surface area contributed by atoms with Crippen molar-refractivity contribution in [1.82, 2.24) is 9.88 Å². The molecular weight excluding hydrogens is 308 g/mol. The first-order valence-corrected chi connectivity index (χ1v) is 8.94. The molecule has 21 heavy (non-hydrogen) atoms. The van der Waals surface area contributed by atoms with Gasteiger partial charge in [0.25, 0.3) is 0 Å². The molecule has 1 saturated heterocycles. The Morgan fingerprint density at radius 1 is 1.48 bits per heavy atom. The molecule has 0 atom stereocenters.